The average molecular weight is 264 g/mol. The number of nitrogens with zero attached hydrogens (tertiary/aromatic N) is 3. The van der Waals surface area contributed by atoms with Crippen LogP contribution in [0, 0.1) is 0 Å². The normalized spacial score (nSPS) is 14.8. The number of aromatic nitrogens is 3. The lowest BCUT2D eigenvalue weighted by Gasteiger charge is -2.05. The summed E-state index contributed by atoms with van der Waals surface area (Å²) in [5.41, 5.74) is 2.07. The molecule has 1 heterocycles. The van der Waals surface area contributed by atoms with Crippen LogP contribution >= 0.6 is 0 Å². The first-order valence-corrected chi connectivity index (χ1v) is 7.03. The predicted molar refractivity (Wildman–Crippen MR) is 78.7 cm³/mol. The Balaban J connectivity index is 1.67. The van der Waals surface area contributed by atoms with Gasteiger partial charge < -0.3 is 5.32 Å². The predicted octanol–water partition coefficient (Wildman–Crippen LogP) is 2.67. The van der Waals surface area contributed by atoms with Crippen LogP contribution in [0.2, 0.25) is 0 Å². The van der Waals surface area contributed by atoms with Crippen LogP contribution in [0.3, 0.4) is 0 Å². The van der Waals surface area contributed by atoms with Gasteiger partial charge in [0.1, 0.15) is 0 Å². The molecule has 0 unspecified atom stereocenters. The number of hydrogen-bond donors (Lipinski definition) is 1. The van der Waals surface area contributed by atoms with Crippen molar-refractivity contribution in [2.24, 2.45) is 0 Å². The Labute approximate surface area is 117 Å². The Hall–Kier alpha value is -2.20. The second-order valence-electron chi connectivity index (χ2n) is 5.31. The van der Waals surface area contributed by atoms with Crippen molar-refractivity contribution in [3.8, 4) is 5.69 Å². The minimum absolute atomic E-state index is 0.692. The topological polar surface area (TPSA) is 42.7 Å². The van der Waals surface area contributed by atoms with Crippen LogP contribution in [0.4, 0.5) is 0 Å². The molecule has 4 nitrogen and oxygen atoms in total. The van der Waals surface area contributed by atoms with Crippen molar-refractivity contribution in [2.45, 2.75) is 25.4 Å². The molecular formula is C16H16N4. The zero-order valence-corrected chi connectivity index (χ0v) is 11.2. The van der Waals surface area contributed by atoms with Crippen LogP contribution < -0.4 is 5.32 Å². The van der Waals surface area contributed by atoms with E-state index < -0.39 is 0 Å². The van der Waals surface area contributed by atoms with Crippen LogP contribution in [0.25, 0.3) is 16.5 Å². The maximum absolute atomic E-state index is 4.26. The van der Waals surface area contributed by atoms with Gasteiger partial charge in [0.25, 0.3) is 0 Å². The van der Waals surface area contributed by atoms with Crippen molar-refractivity contribution in [3.63, 3.8) is 0 Å². The monoisotopic (exact) mass is 264 g/mol. The zero-order chi connectivity index (χ0) is 13.4. The molecule has 4 heteroatoms. The van der Waals surface area contributed by atoms with E-state index in [0.717, 1.165) is 17.9 Å². The molecule has 0 amide bonds. The van der Waals surface area contributed by atoms with Crippen molar-refractivity contribution in [1.82, 2.24) is 20.3 Å². The summed E-state index contributed by atoms with van der Waals surface area (Å²) in [5, 5.41) is 14.4. The van der Waals surface area contributed by atoms with Crippen LogP contribution in [0.5, 0.6) is 0 Å². The summed E-state index contributed by atoms with van der Waals surface area (Å²) in [6, 6.07) is 15.3. The fraction of sp³-hybridized carbons (Fsp3) is 0.250. The average Bonchev–Trinajstić information content (AvgIpc) is 3.21. The van der Waals surface area contributed by atoms with Gasteiger partial charge in [0, 0.05) is 18.0 Å². The Morgan fingerprint density at radius 1 is 1.10 bits per heavy atom. The van der Waals surface area contributed by atoms with Gasteiger partial charge in [-0.25, -0.2) is 4.68 Å². The van der Waals surface area contributed by atoms with E-state index in [1.54, 1.807) is 0 Å². The molecule has 1 aliphatic carbocycles. The molecule has 0 bridgehead atoms. The minimum Gasteiger partial charge on any atom is -0.308 e. The Bertz CT molecular complexity index is 738. The van der Waals surface area contributed by atoms with E-state index in [4.69, 9.17) is 0 Å². The van der Waals surface area contributed by atoms with Gasteiger partial charge >= 0.3 is 0 Å². The summed E-state index contributed by atoms with van der Waals surface area (Å²) < 4.78 is 1.87. The number of rotatable bonds is 4. The smallest absolute Gasteiger partial charge is 0.0969 e. The van der Waals surface area contributed by atoms with E-state index in [2.05, 4.69) is 58.1 Å². The maximum atomic E-state index is 4.26. The number of benzene rings is 2. The number of fused-ring (bicyclic) bond motifs is 1. The lowest BCUT2D eigenvalue weighted by atomic mass is 10.1. The molecule has 0 spiro atoms. The van der Waals surface area contributed by atoms with Gasteiger partial charge in [-0.05, 0) is 24.3 Å². The Kier molecular flexibility index (Phi) is 2.74. The SMILES string of the molecule is c1ccc2c(-n3cc(CNC4CC4)nn3)cccc2c1. The van der Waals surface area contributed by atoms with E-state index in [9.17, 15) is 0 Å². The zero-order valence-electron chi connectivity index (χ0n) is 11.2. The molecule has 3 aromatic rings. The van der Waals surface area contributed by atoms with Gasteiger partial charge in [-0.15, -0.1) is 5.10 Å². The van der Waals surface area contributed by atoms with Crippen LogP contribution in [-0.4, -0.2) is 21.0 Å². The van der Waals surface area contributed by atoms with E-state index in [0.29, 0.717) is 6.04 Å². The molecule has 2 aromatic carbocycles. The van der Waals surface area contributed by atoms with E-state index >= 15 is 0 Å². The van der Waals surface area contributed by atoms with E-state index in [1.165, 1.54) is 23.6 Å². The third kappa shape index (κ3) is 2.18. The molecule has 1 saturated carbocycles. The first kappa shape index (κ1) is 11.6. The summed E-state index contributed by atoms with van der Waals surface area (Å²) in [6.45, 7) is 0.801. The third-order valence-electron chi connectivity index (χ3n) is 3.70. The number of nitrogens with one attached hydrogen (secondary N) is 1. The van der Waals surface area contributed by atoms with Crippen molar-refractivity contribution in [3.05, 3.63) is 54.4 Å². The van der Waals surface area contributed by atoms with Crippen molar-refractivity contribution < 1.29 is 0 Å². The Morgan fingerprint density at radius 3 is 2.85 bits per heavy atom. The summed E-state index contributed by atoms with van der Waals surface area (Å²) in [4.78, 5) is 0. The molecule has 0 radical (unpaired) electrons. The molecule has 100 valence electrons. The minimum atomic E-state index is 0.692. The fourth-order valence-electron chi connectivity index (χ4n) is 2.44. The largest absolute Gasteiger partial charge is 0.308 e. The van der Waals surface area contributed by atoms with Gasteiger partial charge in [-0.3, -0.25) is 0 Å². The molecule has 1 N–H and O–H groups in total. The summed E-state index contributed by atoms with van der Waals surface area (Å²) in [6.07, 6.45) is 4.59. The molecule has 0 aliphatic heterocycles. The number of hydrogen-bond acceptors (Lipinski definition) is 3. The molecule has 1 fully saturated rings. The van der Waals surface area contributed by atoms with Crippen molar-refractivity contribution in [2.75, 3.05) is 0 Å². The summed E-state index contributed by atoms with van der Waals surface area (Å²) in [5.74, 6) is 0. The van der Waals surface area contributed by atoms with Gasteiger partial charge in [0.2, 0.25) is 0 Å². The first-order chi connectivity index (χ1) is 9.90. The highest BCUT2D eigenvalue weighted by atomic mass is 15.4. The van der Waals surface area contributed by atoms with E-state index in [1.807, 2.05) is 10.9 Å². The van der Waals surface area contributed by atoms with Gasteiger partial charge in [-0.2, -0.15) is 0 Å². The second-order valence-corrected chi connectivity index (χ2v) is 5.31. The fourth-order valence-corrected chi connectivity index (χ4v) is 2.44. The quantitative estimate of drug-likeness (QED) is 0.788. The highest BCUT2D eigenvalue weighted by Gasteiger charge is 2.20. The molecule has 0 atom stereocenters. The highest BCUT2D eigenvalue weighted by Crippen LogP contribution is 2.22. The standard InChI is InChI=1S/C16H16N4/c1-2-6-15-12(4-1)5-3-7-16(15)20-11-14(18-19-20)10-17-13-8-9-13/h1-7,11,13,17H,8-10H2. The van der Waals surface area contributed by atoms with Gasteiger partial charge in [0.05, 0.1) is 17.6 Å². The highest BCUT2D eigenvalue weighted by molar-refractivity contribution is 5.89. The lowest BCUT2D eigenvalue weighted by molar-refractivity contribution is 0.671. The molecule has 1 aliphatic rings. The summed E-state index contributed by atoms with van der Waals surface area (Å²) >= 11 is 0. The van der Waals surface area contributed by atoms with Crippen molar-refractivity contribution >= 4 is 10.8 Å². The second kappa shape index (κ2) is 4.72. The van der Waals surface area contributed by atoms with Crippen LogP contribution in [0.15, 0.2) is 48.7 Å². The van der Waals surface area contributed by atoms with Crippen molar-refractivity contribution in [1.29, 1.82) is 0 Å². The maximum Gasteiger partial charge on any atom is 0.0969 e. The van der Waals surface area contributed by atoms with Crippen LogP contribution in [-0.2, 0) is 6.54 Å². The molecular weight excluding hydrogens is 248 g/mol. The molecule has 0 saturated heterocycles. The lowest BCUT2D eigenvalue weighted by Crippen LogP contribution is -2.15. The van der Waals surface area contributed by atoms with Gasteiger partial charge in [0.15, 0.2) is 0 Å². The summed E-state index contributed by atoms with van der Waals surface area (Å²) in [7, 11) is 0. The van der Waals surface area contributed by atoms with Gasteiger partial charge in [-0.1, -0.05) is 41.6 Å². The Morgan fingerprint density at radius 2 is 1.95 bits per heavy atom. The van der Waals surface area contributed by atoms with E-state index in [-0.39, 0.29) is 0 Å². The first-order valence-electron chi connectivity index (χ1n) is 7.03. The molecule has 20 heavy (non-hydrogen) atoms. The third-order valence-corrected chi connectivity index (χ3v) is 3.70. The molecule has 4 rings (SSSR count). The molecule has 1 aromatic heterocycles. The van der Waals surface area contributed by atoms with Crippen LogP contribution in [0.1, 0.15) is 18.5 Å².